The molecule has 0 fully saturated rings. The van der Waals surface area contributed by atoms with Gasteiger partial charge in [0.2, 0.25) is 0 Å². The van der Waals surface area contributed by atoms with Crippen LogP contribution in [-0.4, -0.2) is 21.7 Å². The lowest BCUT2D eigenvalue weighted by Gasteiger charge is -2.03. The van der Waals surface area contributed by atoms with Crippen LogP contribution < -0.4 is 5.73 Å². The molecule has 0 radical (unpaired) electrons. The zero-order valence-corrected chi connectivity index (χ0v) is 9.42. The van der Waals surface area contributed by atoms with Crippen molar-refractivity contribution in [3.63, 3.8) is 0 Å². The fourth-order valence-electron chi connectivity index (χ4n) is 1.32. The van der Waals surface area contributed by atoms with Crippen LogP contribution in [0.15, 0.2) is 17.5 Å². The number of nitrogens with two attached hydrogens (primary N) is 1. The van der Waals surface area contributed by atoms with Gasteiger partial charge in [-0.2, -0.15) is 5.10 Å². The van der Waals surface area contributed by atoms with Crippen molar-refractivity contribution in [3.05, 3.63) is 23.3 Å². The van der Waals surface area contributed by atoms with Crippen LogP contribution in [0.1, 0.15) is 12.7 Å². The number of hydrogen-bond acceptors (Lipinski definition) is 4. The van der Waals surface area contributed by atoms with Gasteiger partial charge in [-0.15, -0.1) is 11.3 Å². The Bertz CT molecular complexity index is 407. The predicted molar refractivity (Wildman–Crippen MR) is 61.6 cm³/mol. The molecule has 0 aliphatic carbocycles. The monoisotopic (exact) mass is 222 g/mol. The quantitative estimate of drug-likeness (QED) is 0.827. The summed E-state index contributed by atoms with van der Waals surface area (Å²) < 4.78 is 0. The molecule has 0 saturated carbocycles. The highest BCUT2D eigenvalue weighted by atomic mass is 32.1. The minimum atomic E-state index is 0.439. The molecule has 2 rings (SSSR count). The summed E-state index contributed by atoms with van der Waals surface area (Å²) in [4.78, 5) is 5.52. The summed E-state index contributed by atoms with van der Waals surface area (Å²) in [6, 6.07) is 4.02. The Labute approximate surface area is 92.5 Å². The summed E-state index contributed by atoms with van der Waals surface area (Å²) in [6.07, 6.45) is 0.856. The maximum absolute atomic E-state index is 5.56. The highest BCUT2D eigenvalue weighted by Crippen LogP contribution is 2.20. The first-order valence-corrected chi connectivity index (χ1v) is 5.82. The third kappa shape index (κ3) is 2.43. The van der Waals surface area contributed by atoms with Gasteiger partial charge >= 0.3 is 0 Å². The minimum absolute atomic E-state index is 0.439. The molecule has 1 atom stereocenters. The van der Waals surface area contributed by atoms with E-state index >= 15 is 0 Å². The molecule has 0 aromatic carbocycles. The van der Waals surface area contributed by atoms with E-state index in [9.17, 15) is 0 Å². The fourth-order valence-corrected chi connectivity index (χ4v) is 1.97. The zero-order chi connectivity index (χ0) is 10.7. The van der Waals surface area contributed by atoms with Crippen molar-refractivity contribution in [1.82, 2.24) is 15.2 Å². The smallest absolute Gasteiger partial charge is 0.191 e. The Morgan fingerprint density at radius 2 is 2.47 bits per heavy atom. The number of aromatic amines is 1. The summed E-state index contributed by atoms with van der Waals surface area (Å²) in [7, 11) is 0. The fraction of sp³-hybridized carbons (Fsp3) is 0.400. The largest absolute Gasteiger partial charge is 0.330 e. The van der Waals surface area contributed by atoms with Crippen LogP contribution in [0.5, 0.6) is 0 Å². The van der Waals surface area contributed by atoms with Gasteiger partial charge in [0.25, 0.3) is 0 Å². The van der Waals surface area contributed by atoms with Crippen LogP contribution in [0, 0.1) is 5.92 Å². The van der Waals surface area contributed by atoms with Crippen molar-refractivity contribution in [2.24, 2.45) is 11.7 Å². The number of thiophene rings is 1. The molecule has 0 aliphatic rings. The molecular formula is C10H14N4S. The van der Waals surface area contributed by atoms with Crippen molar-refractivity contribution >= 4 is 11.3 Å². The first-order valence-electron chi connectivity index (χ1n) is 4.95. The Hall–Kier alpha value is -1.20. The van der Waals surface area contributed by atoms with Crippen molar-refractivity contribution < 1.29 is 0 Å². The van der Waals surface area contributed by atoms with Crippen LogP contribution >= 0.6 is 11.3 Å². The predicted octanol–water partition coefficient (Wildman–Crippen LogP) is 1.67. The topological polar surface area (TPSA) is 67.6 Å². The van der Waals surface area contributed by atoms with E-state index in [1.54, 1.807) is 11.3 Å². The summed E-state index contributed by atoms with van der Waals surface area (Å²) in [5, 5.41) is 9.15. The molecule has 1 unspecified atom stereocenters. The van der Waals surface area contributed by atoms with Crippen LogP contribution in [0.3, 0.4) is 0 Å². The molecule has 0 spiro atoms. The van der Waals surface area contributed by atoms with Gasteiger partial charge < -0.3 is 5.73 Å². The van der Waals surface area contributed by atoms with Gasteiger partial charge in [0.15, 0.2) is 5.82 Å². The minimum Gasteiger partial charge on any atom is -0.330 e. The van der Waals surface area contributed by atoms with Gasteiger partial charge in [-0.1, -0.05) is 13.0 Å². The number of rotatable bonds is 4. The molecule has 4 nitrogen and oxygen atoms in total. The molecular weight excluding hydrogens is 208 g/mol. The average molecular weight is 222 g/mol. The molecule has 80 valence electrons. The van der Waals surface area contributed by atoms with E-state index in [1.807, 2.05) is 17.5 Å². The first-order chi connectivity index (χ1) is 7.29. The van der Waals surface area contributed by atoms with Gasteiger partial charge in [-0.05, 0) is 23.9 Å². The van der Waals surface area contributed by atoms with Crippen LogP contribution in [0.4, 0.5) is 0 Å². The molecule has 0 bridgehead atoms. The highest BCUT2D eigenvalue weighted by molar-refractivity contribution is 7.13. The van der Waals surface area contributed by atoms with Gasteiger partial charge in [-0.25, -0.2) is 4.98 Å². The van der Waals surface area contributed by atoms with Gasteiger partial charge in [0, 0.05) is 6.42 Å². The van der Waals surface area contributed by atoms with Crippen molar-refractivity contribution in [3.8, 4) is 10.7 Å². The Morgan fingerprint density at radius 1 is 1.60 bits per heavy atom. The van der Waals surface area contributed by atoms with Gasteiger partial charge in [0.05, 0.1) is 4.88 Å². The highest BCUT2D eigenvalue weighted by Gasteiger charge is 2.08. The van der Waals surface area contributed by atoms with Gasteiger partial charge in [0.1, 0.15) is 5.82 Å². The first kappa shape index (κ1) is 10.3. The lowest BCUT2D eigenvalue weighted by atomic mass is 10.1. The molecule has 5 heteroatoms. The summed E-state index contributed by atoms with van der Waals surface area (Å²) >= 11 is 1.64. The van der Waals surface area contributed by atoms with Gasteiger partial charge in [-0.3, -0.25) is 5.10 Å². The number of nitrogens with zero attached hydrogens (tertiary/aromatic N) is 2. The van der Waals surface area contributed by atoms with E-state index in [0.29, 0.717) is 12.5 Å². The van der Waals surface area contributed by atoms with E-state index < -0.39 is 0 Å². The number of H-pyrrole nitrogens is 1. The second-order valence-corrected chi connectivity index (χ2v) is 4.58. The van der Waals surface area contributed by atoms with Crippen LogP contribution in [-0.2, 0) is 6.42 Å². The lowest BCUT2D eigenvalue weighted by Crippen LogP contribution is -2.13. The molecule has 0 saturated heterocycles. The number of aromatic nitrogens is 3. The third-order valence-corrected chi connectivity index (χ3v) is 3.08. The maximum atomic E-state index is 5.56. The van der Waals surface area contributed by atoms with E-state index in [-0.39, 0.29) is 0 Å². The molecule has 2 aromatic rings. The summed E-state index contributed by atoms with van der Waals surface area (Å²) in [5.41, 5.74) is 5.56. The number of hydrogen-bond donors (Lipinski definition) is 2. The molecule has 2 heterocycles. The second kappa shape index (κ2) is 4.55. The van der Waals surface area contributed by atoms with E-state index in [0.717, 1.165) is 22.9 Å². The van der Waals surface area contributed by atoms with Crippen molar-refractivity contribution in [1.29, 1.82) is 0 Å². The number of nitrogens with one attached hydrogen (secondary N) is 1. The van der Waals surface area contributed by atoms with Crippen molar-refractivity contribution in [2.45, 2.75) is 13.3 Å². The second-order valence-electron chi connectivity index (χ2n) is 3.63. The Balaban J connectivity index is 2.11. The molecule has 0 amide bonds. The molecule has 15 heavy (non-hydrogen) atoms. The summed E-state index contributed by atoms with van der Waals surface area (Å²) in [5.74, 6) is 2.13. The lowest BCUT2D eigenvalue weighted by molar-refractivity contribution is 0.575. The average Bonchev–Trinajstić information content (AvgIpc) is 2.85. The Morgan fingerprint density at radius 3 is 3.13 bits per heavy atom. The molecule has 0 aliphatic heterocycles. The maximum Gasteiger partial charge on any atom is 0.191 e. The SMILES string of the molecule is CC(CN)Cc1nc(-c2cccs2)n[nH]1. The van der Waals surface area contributed by atoms with Crippen molar-refractivity contribution in [2.75, 3.05) is 6.54 Å². The van der Waals surface area contributed by atoms with E-state index in [4.69, 9.17) is 5.73 Å². The zero-order valence-electron chi connectivity index (χ0n) is 8.60. The third-order valence-electron chi connectivity index (χ3n) is 2.22. The van der Waals surface area contributed by atoms with E-state index in [1.165, 1.54) is 0 Å². The Kier molecular flexibility index (Phi) is 3.13. The molecule has 3 N–H and O–H groups in total. The van der Waals surface area contributed by atoms with E-state index in [2.05, 4.69) is 22.1 Å². The summed E-state index contributed by atoms with van der Waals surface area (Å²) in [6.45, 7) is 2.78. The van der Waals surface area contributed by atoms with Crippen LogP contribution in [0.25, 0.3) is 10.7 Å². The normalized spacial score (nSPS) is 12.9. The molecule has 2 aromatic heterocycles. The standard InChI is InChI=1S/C10H14N4S/c1-7(6-11)5-9-12-10(14-13-9)8-3-2-4-15-8/h2-4,7H,5-6,11H2,1H3,(H,12,13,14). The van der Waals surface area contributed by atoms with Crippen LogP contribution in [0.2, 0.25) is 0 Å².